The van der Waals surface area contributed by atoms with E-state index in [0.29, 0.717) is 42.4 Å². The highest BCUT2D eigenvalue weighted by Gasteiger charge is 2.38. The van der Waals surface area contributed by atoms with Crippen LogP contribution in [0.15, 0.2) is 84.9 Å². The molecule has 2 aliphatic heterocycles. The summed E-state index contributed by atoms with van der Waals surface area (Å²) in [6.07, 6.45) is 1.96. The SMILES string of the molecule is Cc1ccc2c(c1)-c1ccccc1P(=O)(CCCCP1(=O)Oc3ccc(N)cc3-c3ccccc31)O2. The van der Waals surface area contributed by atoms with E-state index in [-0.39, 0.29) is 0 Å². The van der Waals surface area contributed by atoms with Crippen LogP contribution in [-0.2, 0) is 9.13 Å². The molecule has 4 aromatic rings. The van der Waals surface area contributed by atoms with Crippen molar-refractivity contribution in [3.05, 3.63) is 90.5 Å². The Balaban J connectivity index is 1.22. The van der Waals surface area contributed by atoms with Crippen molar-refractivity contribution in [3.8, 4) is 33.8 Å². The molecule has 0 saturated carbocycles. The van der Waals surface area contributed by atoms with Crippen molar-refractivity contribution in [2.24, 2.45) is 0 Å². The summed E-state index contributed by atoms with van der Waals surface area (Å²) >= 11 is 0. The zero-order chi connectivity index (χ0) is 24.9. The molecule has 0 amide bonds. The predicted octanol–water partition coefficient (Wildman–Crippen LogP) is 6.98. The average molecular weight is 515 g/mol. The topological polar surface area (TPSA) is 78.6 Å². The monoisotopic (exact) mass is 515 g/mol. The van der Waals surface area contributed by atoms with E-state index in [0.717, 1.165) is 38.4 Å². The molecule has 5 nitrogen and oxygen atoms in total. The van der Waals surface area contributed by atoms with Gasteiger partial charge in [0.05, 0.1) is 10.6 Å². The summed E-state index contributed by atoms with van der Waals surface area (Å²) in [5, 5.41) is 1.49. The molecule has 0 radical (unpaired) electrons. The lowest BCUT2D eigenvalue weighted by atomic mass is 10.0. The van der Waals surface area contributed by atoms with Crippen molar-refractivity contribution in [2.45, 2.75) is 19.8 Å². The van der Waals surface area contributed by atoms with Gasteiger partial charge in [0.15, 0.2) is 0 Å². The van der Waals surface area contributed by atoms with Crippen LogP contribution in [0.4, 0.5) is 5.69 Å². The molecule has 2 atom stereocenters. The highest BCUT2D eigenvalue weighted by molar-refractivity contribution is 7.68. The third-order valence-electron chi connectivity index (χ3n) is 6.91. The molecule has 7 heteroatoms. The fourth-order valence-corrected chi connectivity index (χ4v) is 10.0. The van der Waals surface area contributed by atoms with Gasteiger partial charge in [-0.05, 0) is 73.4 Å². The van der Waals surface area contributed by atoms with Crippen LogP contribution in [0.2, 0.25) is 0 Å². The average Bonchev–Trinajstić information content (AvgIpc) is 2.88. The van der Waals surface area contributed by atoms with Gasteiger partial charge in [0.25, 0.3) is 14.7 Å². The molecule has 0 aromatic heterocycles. The Morgan fingerprint density at radius 3 is 1.72 bits per heavy atom. The molecular formula is C29H27NO4P2. The highest BCUT2D eigenvalue weighted by Crippen LogP contribution is 2.57. The lowest BCUT2D eigenvalue weighted by Gasteiger charge is -2.30. The fraction of sp³-hybridized carbons (Fsp3) is 0.172. The summed E-state index contributed by atoms with van der Waals surface area (Å²) in [7, 11) is -6.25. The summed E-state index contributed by atoms with van der Waals surface area (Å²) in [6, 6.07) is 26.8. The first-order valence-corrected chi connectivity index (χ1v) is 15.8. The number of unbranched alkanes of at least 4 members (excludes halogenated alkanes) is 1. The molecule has 0 spiro atoms. The molecule has 2 unspecified atom stereocenters. The Hall–Kier alpha value is -3.26. The predicted molar refractivity (Wildman–Crippen MR) is 148 cm³/mol. The van der Waals surface area contributed by atoms with Crippen molar-refractivity contribution in [2.75, 3.05) is 18.1 Å². The summed E-state index contributed by atoms with van der Waals surface area (Å²) in [5.74, 6) is 1.26. The highest BCUT2D eigenvalue weighted by atomic mass is 31.2. The lowest BCUT2D eigenvalue weighted by Crippen LogP contribution is -2.21. The summed E-state index contributed by atoms with van der Waals surface area (Å²) in [6.45, 7) is 2.04. The van der Waals surface area contributed by atoms with Crippen molar-refractivity contribution in [3.63, 3.8) is 0 Å². The first kappa shape index (κ1) is 23.2. The van der Waals surface area contributed by atoms with Crippen LogP contribution < -0.4 is 25.4 Å². The molecule has 6 rings (SSSR count). The summed E-state index contributed by atoms with van der Waals surface area (Å²) in [4.78, 5) is 0. The zero-order valence-corrected chi connectivity index (χ0v) is 21.8. The largest absolute Gasteiger partial charge is 0.439 e. The van der Waals surface area contributed by atoms with Gasteiger partial charge in [0.1, 0.15) is 11.5 Å². The fourth-order valence-electron chi connectivity index (χ4n) is 5.16. The molecule has 182 valence electrons. The maximum atomic E-state index is 14.1. The van der Waals surface area contributed by atoms with E-state index >= 15 is 0 Å². The van der Waals surface area contributed by atoms with Crippen LogP contribution in [-0.4, -0.2) is 12.3 Å². The first-order valence-electron chi connectivity index (χ1n) is 12.1. The van der Waals surface area contributed by atoms with E-state index in [1.54, 1.807) is 12.1 Å². The normalized spacial score (nSPS) is 21.2. The molecule has 0 saturated heterocycles. The number of fused-ring (bicyclic) bond motifs is 6. The maximum absolute atomic E-state index is 14.1. The number of nitrogens with two attached hydrogens (primary N) is 1. The number of rotatable bonds is 5. The van der Waals surface area contributed by atoms with Gasteiger partial charge >= 0.3 is 0 Å². The molecule has 2 aliphatic rings. The van der Waals surface area contributed by atoms with Gasteiger partial charge in [-0.1, -0.05) is 48.0 Å². The van der Waals surface area contributed by atoms with Crippen molar-refractivity contribution in [1.29, 1.82) is 0 Å². The molecule has 0 fully saturated rings. The first-order chi connectivity index (χ1) is 17.4. The molecule has 0 bridgehead atoms. The van der Waals surface area contributed by atoms with Crippen molar-refractivity contribution >= 4 is 31.0 Å². The maximum Gasteiger partial charge on any atom is 0.277 e. The van der Waals surface area contributed by atoms with Crippen molar-refractivity contribution in [1.82, 2.24) is 0 Å². The Morgan fingerprint density at radius 2 is 1.14 bits per heavy atom. The van der Waals surface area contributed by atoms with E-state index in [1.807, 2.05) is 73.7 Å². The number of nitrogen functional groups attached to an aromatic ring is 1. The van der Waals surface area contributed by atoms with Crippen LogP contribution in [0.25, 0.3) is 22.3 Å². The number of hydrogen-bond donors (Lipinski definition) is 1. The molecule has 2 N–H and O–H groups in total. The van der Waals surface area contributed by atoms with Gasteiger partial charge in [-0.15, -0.1) is 0 Å². The number of aryl methyl sites for hydroxylation is 1. The minimum Gasteiger partial charge on any atom is -0.439 e. The number of anilines is 1. The zero-order valence-electron chi connectivity index (χ0n) is 20.0. The van der Waals surface area contributed by atoms with Gasteiger partial charge in [-0.25, -0.2) is 0 Å². The molecule has 0 aliphatic carbocycles. The molecular weight excluding hydrogens is 488 g/mol. The standard InChI is InChI=1S/C29H27NO4P2/c1-20-12-14-26-24(18-20)22-8-2-4-10-28(22)35(31,33-26)16-6-7-17-36(32)29-11-5-3-9-23(29)25-19-21(30)13-15-27(25)34-36/h2-5,8-15,18-19H,6-7,16-17,30H2,1H3. The second-order valence-corrected chi connectivity index (χ2v) is 14.4. The van der Waals surface area contributed by atoms with Gasteiger partial charge in [-0.2, -0.15) is 0 Å². The molecule has 2 heterocycles. The van der Waals surface area contributed by atoms with Crippen LogP contribution in [0.3, 0.4) is 0 Å². The number of hydrogen-bond acceptors (Lipinski definition) is 5. The second-order valence-electron chi connectivity index (χ2n) is 9.47. The lowest BCUT2D eigenvalue weighted by molar-refractivity contribution is 0.482. The Labute approximate surface area is 211 Å². The third kappa shape index (κ3) is 3.88. The van der Waals surface area contributed by atoms with E-state index < -0.39 is 14.7 Å². The quantitative estimate of drug-likeness (QED) is 0.176. The minimum atomic E-state index is -3.14. The van der Waals surface area contributed by atoms with E-state index in [4.69, 9.17) is 14.8 Å². The van der Waals surface area contributed by atoms with Gasteiger partial charge < -0.3 is 14.8 Å². The molecule has 4 aromatic carbocycles. The third-order valence-corrected chi connectivity index (χ3v) is 11.9. The van der Waals surface area contributed by atoms with Gasteiger partial charge in [0, 0.05) is 29.1 Å². The van der Waals surface area contributed by atoms with E-state index in [2.05, 4.69) is 6.07 Å². The number of benzene rings is 4. The minimum absolute atomic E-state index is 0.366. The van der Waals surface area contributed by atoms with Gasteiger partial charge in [-0.3, -0.25) is 9.13 Å². The Bertz CT molecular complexity index is 1480. The second kappa shape index (κ2) is 8.69. The Morgan fingerprint density at radius 1 is 0.639 bits per heavy atom. The Kier molecular flexibility index (Phi) is 5.59. The smallest absolute Gasteiger partial charge is 0.277 e. The van der Waals surface area contributed by atoms with Crippen LogP contribution in [0.1, 0.15) is 18.4 Å². The summed E-state index contributed by atoms with van der Waals surface area (Å²) < 4.78 is 40.5. The van der Waals surface area contributed by atoms with Crippen LogP contribution in [0.5, 0.6) is 11.5 Å². The van der Waals surface area contributed by atoms with E-state index in [9.17, 15) is 9.13 Å². The van der Waals surface area contributed by atoms with Gasteiger partial charge in [0.2, 0.25) is 0 Å². The van der Waals surface area contributed by atoms with Crippen LogP contribution in [0, 0.1) is 6.92 Å². The van der Waals surface area contributed by atoms with Crippen molar-refractivity contribution < 1.29 is 18.2 Å². The summed E-state index contributed by atoms with van der Waals surface area (Å²) in [5.41, 5.74) is 11.5. The van der Waals surface area contributed by atoms with E-state index in [1.165, 1.54) is 0 Å². The molecule has 36 heavy (non-hydrogen) atoms. The van der Waals surface area contributed by atoms with Crippen LogP contribution >= 0.6 is 14.7 Å².